The van der Waals surface area contributed by atoms with E-state index in [0.29, 0.717) is 27.4 Å². The Hall–Kier alpha value is -4.70. The first-order valence-corrected chi connectivity index (χ1v) is 16.1. The number of likely N-dealkylation sites (tertiary alicyclic amines) is 1. The molecular formula is C35H34F3N7OS. The van der Waals surface area contributed by atoms with Crippen molar-refractivity contribution in [3.8, 4) is 6.07 Å². The number of aliphatic hydroxyl groups excluding tert-OH is 1. The Morgan fingerprint density at radius 3 is 2.60 bits per heavy atom. The summed E-state index contributed by atoms with van der Waals surface area (Å²) in [6, 6.07) is 19.4. The predicted octanol–water partition coefficient (Wildman–Crippen LogP) is 7.54. The van der Waals surface area contributed by atoms with E-state index in [-0.39, 0.29) is 17.5 Å². The first-order valence-electron chi connectivity index (χ1n) is 15.3. The van der Waals surface area contributed by atoms with Gasteiger partial charge < -0.3 is 20.3 Å². The lowest BCUT2D eigenvalue weighted by molar-refractivity contribution is -0.126. The summed E-state index contributed by atoms with van der Waals surface area (Å²) in [6.45, 7) is 10.2. The Kier molecular flexibility index (Phi) is 9.31. The lowest BCUT2D eigenvalue weighted by Crippen LogP contribution is -2.38. The molecule has 47 heavy (non-hydrogen) atoms. The molecule has 0 bridgehead atoms. The van der Waals surface area contributed by atoms with E-state index >= 15 is 0 Å². The van der Waals surface area contributed by atoms with Gasteiger partial charge in [0.2, 0.25) is 0 Å². The molecule has 0 radical (unpaired) electrons. The Bertz CT molecular complexity index is 1950. The summed E-state index contributed by atoms with van der Waals surface area (Å²) in [7, 11) is 0. The Labute approximate surface area is 274 Å². The molecule has 0 aliphatic carbocycles. The first kappa shape index (κ1) is 32.2. The van der Waals surface area contributed by atoms with Crippen molar-refractivity contribution in [1.29, 1.82) is 5.26 Å². The zero-order valence-corrected chi connectivity index (χ0v) is 26.4. The van der Waals surface area contributed by atoms with Crippen LogP contribution in [-0.2, 0) is 19.5 Å². The number of benzene rings is 2. The number of halogens is 3. The smallest absolute Gasteiger partial charge is 0.387 e. The number of nitriles is 1. The molecule has 6 rings (SSSR count). The van der Waals surface area contributed by atoms with Gasteiger partial charge in [-0.15, -0.1) is 11.3 Å². The maximum Gasteiger partial charge on any atom is 0.393 e. The molecule has 1 fully saturated rings. The van der Waals surface area contributed by atoms with Crippen LogP contribution in [0.2, 0.25) is 0 Å². The second-order valence-corrected chi connectivity index (χ2v) is 12.9. The van der Waals surface area contributed by atoms with Gasteiger partial charge in [0.1, 0.15) is 28.7 Å². The maximum atomic E-state index is 12.9. The van der Waals surface area contributed by atoms with Crippen molar-refractivity contribution in [2.24, 2.45) is 0 Å². The summed E-state index contributed by atoms with van der Waals surface area (Å²) < 4.78 is 40.6. The summed E-state index contributed by atoms with van der Waals surface area (Å²) in [5.74, 6) is 0.579. The molecule has 12 heteroatoms. The molecule has 1 saturated heterocycles. The molecule has 0 spiro atoms. The van der Waals surface area contributed by atoms with E-state index in [1.165, 1.54) is 6.33 Å². The van der Waals surface area contributed by atoms with Crippen LogP contribution in [0.1, 0.15) is 40.6 Å². The van der Waals surface area contributed by atoms with Crippen molar-refractivity contribution < 1.29 is 18.3 Å². The van der Waals surface area contributed by atoms with Gasteiger partial charge in [0.05, 0.1) is 24.5 Å². The van der Waals surface area contributed by atoms with Crippen molar-refractivity contribution >= 4 is 44.0 Å². The third-order valence-electron chi connectivity index (χ3n) is 8.37. The van der Waals surface area contributed by atoms with E-state index in [1.54, 1.807) is 12.1 Å². The van der Waals surface area contributed by atoms with Gasteiger partial charge in [0.15, 0.2) is 0 Å². The van der Waals surface area contributed by atoms with E-state index in [9.17, 15) is 23.5 Å². The number of rotatable bonds is 11. The standard InChI is InChI=1S/C35H34F3N7OS/c1-3-22(2)42-26-7-5-24(6-8-26)32(46)20-45-28(18-39)15-25-14-23(4-9-31(25)45)19-44-12-10-27(11-13-44)43-33-30-16-29(17-35(36,37)38)47-34(30)41-21-40-33/h3-9,14-16,21,27,32,42,46H,1-2,10-13,17,19-20H2,(H,40,41,43). The number of anilines is 2. The minimum Gasteiger partial charge on any atom is -0.387 e. The summed E-state index contributed by atoms with van der Waals surface area (Å²) in [5, 5.41) is 29.0. The van der Waals surface area contributed by atoms with Gasteiger partial charge in [-0.3, -0.25) is 4.90 Å². The number of thiophene rings is 1. The molecule has 1 aliphatic rings. The molecule has 2 aromatic carbocycles. The molecule has 0 amide bonds. The van der Waals surface area contributed by atoms with Crippen LogP contribution >= 0.6 is 11.3 Å². The average molecular weight is 658 g/mol. The molecule has 8 nitrogen and oxygen atoms in total. The number of hydrogen-bond acceptors (Lipinski definition) is 8. The number of aliphatic hydroxyl groups is 1. The fourth-order valence-electron chi connectivity index (χ4n) is 6.00. The number of nitrogens with one attached hydrogen (secondary N) is 2. The molecule has 1 aliphatic heterocycles. The summed E-state index contributed by atoms with van der Waals surface area (Å²) in [6.07, 6.45) is -1.29. The summed E-state index contributed by atoms with van der Waals surface area (Å²) in [4.78, 5) is 11.7. The zero-order chi connectivity index (χ0) is 33.1. The van der Waals surface area contributed by atoms with Crippen molar-refractivity contribution in [2.75, 3.05) is 23.7 Å². The van der Waals surface area contributed by atoms with E-state index < -0.39 is 18.7 Å². The Balaban J connectivity index is 1.07. The topological polar surface area (TPSA) is 102 Å². The van der Waals surface area contributed by atoms with Crippen LogP contribution in [0.4, 0.5) is 24.7 Å². The number of fused-ring (bicyclic) bond motifs is 2. The molecule has 0 saturated carbocycles. The van der Waals surface area contributed by atoms with Crippen LogP contribution < -0.4 is 10.6 Å². The minimum atomic E-state index is -4.27. The van der Waals surface area contributed by atoms with Gasteiger partial charge in [0.25, 0.3) is 0 Å². The lowest BCUT2D eigenvalue weighted by atomic mass is 10.0. The highest BCUT2D eigenvalue weighted by Crippen LogP contribution is 2.33. The minimum absolute atomic E-state index is 0.149. The van der Waals surface area contributed by atoms with Gasteiger partial charge in [-0.05, 0) is 66.4 Å². The van der Waals surface area contributed by atoms with Gasteiger partial charge >= 0.3 is 6.18 Å². The normalized spacial score (nSPS) is 15.0. The highest BCUT2D eigenvalue weighted by molar-refractivity contribution is 7.18. The van der Waals surface area contributed by atoms with Crippen LogP contribution in [0, 0.1) is 11.3 Å². The highest BCUT2D eigenvalue weighted by atomic mass is 32.1. The van der Waals surface area contributed by atoms with Gasteiger partial charge in [-0.25, -0.2) is 9.97 Å². The van der Waals surface area contributed by atoms with Crippen LogP contribution in [-0.4, -0.2) is 49.8 Å². The largest absolute Gasteiger partial charge is 0.393 e. The van der Waals surface area contributed by atoms with E-state index in [0.717, 1.165) is 71.5 Å². The number of piperidine rings is 1. The fourth-order valence-corrected chi connectivity index (χ4v) is 7.03. The van der Waals surface area contributed by atoms with Crippen molar-refractivity contribution in [2.45, 2.75) is 50.7 Å². The molecule has 4 heterocycles. The Morgan fingerprint density at radius 2 is 1.89 bits per heavy atom. The quantitative estimate of drug-likeness (QED) is 0.126. The van der Waals surface area contributed by atoms with Crippen LogP contribution in [0.25, 0.3) is 21.1 Å². The van der Waals surface area contributed by atoms with Crippen LogP contribution in [0.3, 0.4) is 0 Å². The van der Waals surface area contributed by atoms with Gasteiger partial charge in [0, 0.05) is 52.8 Å². The second kappa shape index (κ2) is 13.6. The first-order chi connectivity index (χ1) is 22.6. The third-order valence-corrected chi connectivity index (χ3v) is 9.42. The number of hydrogen-bond donors (Lipinski definition) is 3. The van der Waals surface area contributed by atoms with Gasteiger partial charge in [-0.2, -0.15) is 18.4 Å². The van der Waals surface area contributed by atoms with E-state index in [2.05, 4.69) is 56.9 Å². The second-order valence-electron chi connectivity index (χ2n) is 11.8. The van der Waals surface area contributed by atoms with Crippen molar-refractivity contribution in [3.63, 3.8) is 0 Å². The van der Waals surface area contributed by atoms with Crippen molar-refractivity contribution in [3.05, 3.63) is 108 Å². The SMILES string of the molecule is C=CC(=C)Nc1ccc(C(O)Cn2c(C#N)cc3cc(CN4CCC(Nc5ncnc6sc(CC(F)(F)F)cc56)CC4)ccc32)cc1. The molecule has 242 valence electrons. The molecule has 1 atom stereocenters. The molecule has 3 N–H and O–H groups in total. The summed E-state index contributed by atoms with van der Waals surface area (Å²) in [5.41, 5.74) is 4.76. The lowest BCUT2D eigenvalue weighted by Gasteiger charge is -2.32. The fraction of sp³-hybridized carbons (Fsp3) is 0.286. The number of alkyl halides is 3. The van der Waals surface area contributed by atoms with Crippen LogP contribution in [0.5, 0.6) is 0 Å². The van der Waals surface area contributed by atoms with E-state index in [1.807, 2.05) is 41.0 Å². The number of aromatic nitrogens is 3. The molecule has 5 aromatic rings. The van der Waals surface area contributed by atoms with Crippen molar-refractivity contribution in [1.82, 2.24) is 19.4 Å². The number of nitrogens with zero attached hydrogens (tertiary/aromatic N) is 5. The molecular weight excluding hydrogens is 623 g/mol. The Morgan fingerprint density at radius 1 is 1.13 bits per heavy atom. The highest BCUT2D eigenvalue weighted by Gasteiger charge is 2.29. The van der Waals surface area contributed by atoms with Crippen LogP contribution in [0.15, 0.2) is 85.9 Å². The predicted molar refractivity (Wildman–Crippen MR) is 180 cm³/mol. The maximum absolute atomic E-state index is 12.9. The summed E-state index contributed by atoms with van der Waals surface area (Å²) >= 11 is 1.05. The average Bonchev–Trinajstić information content (AvgIpc) is 3.61. The molecule has 3 aromatic heterocycles. The molecule has 1 unspecified atom stereocenters. The number of allylic oxidation sites excluding steroid dienone is 1. The van der Waals surface area contributed by atoms with Gasteiger partial charge in [-0.1, -0.05) is 31.4 Å². The van der Waals surface area contributed by atoms with E-state index in [4.69, 9.17) is 0 Å². The third kappa shape index (κ3) is 7.65. The monoisotopic (exact) mass is 657 g/mol. The zero-order valence-electron chi connectivity index (χ0n) is 25.6.